The number of amides is 2. The average Bonchev–Trinajstić information content (AvgIpc) is 3.12. The molecule has 1 aliphatic rings. The van der Waals surface area contributed by atoms with Crippen LogP contribution < -0.4 is 10.7 Å². The number of benzene rings is 2. The van der Waals surface area contributed by atoms with Gasteiger partial charge in [-0.2, -0.15) is 5.10 Å². The molecule has 32 heavy (non-hydrogen) atoms. The van der Waals surface area contributed by atoms with Crippen molar-refractivity contribution in [3.8, 4) is 5.75 Å². The van der Waals surface area contributed by atoms with Gasteiger partial charge in [-0.15, -0.1) is 0 Å². The molecule has 7 nitrogen and oxygen atoms in total. The Hall–Kier alpha value is -3.29. The van der Waals surface area contributed by atoms with E-state index >= 15 is 0 Å². The SMILES string of the molecule is Cc1c(C(=O)Nc2cc(Cl)ccc2Cl)oc2c1/C(=N/NC(=O)c1ccc(O)cc1)CCC2. The van der Waals surface area contributed by atoms with Crippen molar-refractivity contribution in [2.75, 3.05) is 5.32 Å². The predicted octanol–water partition coefficient (Wildman–Crippen LogP) is 5.32. The molecule has 2 amide bonds. The number of aryl methyl sites for hydroxylation is 1. The Labute approximate surface area is 194 Å². The van der Waals surface area contributed by atoms with E-state index in [-0.39, 0.29) is 11.5 Å². The monoisotopic (exact) mass is 471 g/mol. The van der Waals surface area contributed by atoms with Gasteiger partial charge in [-0.1, -0.05) is 23.2 Å². The lowest BCUT2D eigenvalue weighted by Crippen LogP contribution is -2.22. The molecule has 0 saturated carbocycles. The summed E-state index contributed by atoms with van der Waals surface area (Å²) in [5.41, 5.74) is 5.29. The Morgan fingerprint density at radius 3 is 2.56 bits per heavy atom. The number of phenolic OH excluding ortho intramolecular Hbond substituents is 1. The molecule has 0 aliphatic heterocycles. The van der Waals surface area contributed by atoms with Gasteiger partial charge in [0, 0.05) is 28.1 Å². The summed E-state index contributed by atoms with van der Waals surface area (Å²) in [6.45, 7) is 1.78. The van der Waals surface area contributed by atoms with E-state index in [1.54, 1.807) is 25.1 Å². The first-order chi connectivity index (χ1) is 15.3. The van der Waals surface area contributed by atoms with Gasteiger partial charge in [0.2, 0.25) is 0 Å². The lowest BCUT2D eigenvalue weighted by molar-refractivity contribution is 0.0953. The van der Waals surface area contributed by atoms with Gasteiger partial charge in [0.05, 0.1) is 16.4 Å². The highest BCUT2D eigenvalue weighted by molar-refractivity contribution is 6.35. The summed E-state index contributed by atoms with van der Waals surface area (Å²) < 4.78 is 5.87. The van der Waals surface area contributed by atoms with Crippen LogP contribution in [0.3, 0.4) is 0 Å². The van der Waals surface area contributed by atoms with E-state index in [1.165, 1.54) is 24.3 Å². The van der Waals surface area contributed by atoms with Gasteiger partial charge in [0.25, 0.3) is 11.8 Å². The maximum absolute atomic E-state index is 12.9. The summed E-state index contributed by atoms with van der Waals surface area (Å²) in [5.74, 6) is 0.0239. The summed E-state index contributed by atoms with van der Waals surface area (Å²) in [6.07, 6.45) is 2.06. The summed E-state index contributed by atoms with van der Waals surface area (Å²) in [4.78, 5) is 25.2. The molecule has 0 spiro atoms. The van der Waals surface area contributed by atoms with Crippen LogP contribution in [0.5, 0.6) is 5.75 Å². The third-order valence-electron chi connectivity index (χ3n) is 5.13. The molecule has 0 bridgehead atoms. The number of furan rings is 1. The van der Waals surface area contributed by atoms with Crippen LogP contribution in [0.2, 0.25) is 10.0 Å². The molecule has 2 aromatic carbocycles. The van der Waals surface area contributed by atoms with Crippen molar-refractivity contribution >= 4 is 46.4 Å². The minimum Gasteiger partial charge on any atom is -0.508 e. The number of rotatable bonds is 4. The highest BCUT2D eigenvalue weighted by atomic mass is 35.5. The van der Waals surface area contributed by atoms with Crippen LogP contribution in [0, 0.1) is 6.92 Å². The van der Waals surface area contributed by atoms with Crippen LogP contribution >= 0.6 is 23.2 Å². The van der Waals surface area contributed by atoms with E-state index in [9.17, 15) is 14.7 Å². The van der Waals surface area contributed by atoms with Gasteiger partial charge in [0.15, 0.2) is 5.76 Å². The van der Waals surface area contributed by atoms with Gasteiger partial charge in [-0.3, -0.25) is 9.59 Å². The lowest BCUT2D eigenvalue weighted by atomic mass is 9.93. The first-order valence-electron chi connectivity index (χ1n) is 9.88. The maximum atomic E-state index is 12.9. The third kappa shape index (κ3) is 4.49. The topological polar surface area (TPSA) is 104 Å². The molecular formula is C23H19Cl2N3O4. The standard InChI is InChI=1S/C23H19Cl2N3O4/c1-12-20-17(27-28-22(30)13-5-8-15(29)9-6-13)3-2-4-19(20)32-21(12)23(31)26-18-11-14(24)7-10-16(18)25/h5-11,29H,2-4H2,1H3,(H,26,31)(H,28,30)/b27-17+. The number of halogens is 2. The quantitative estimate of drug-likeness (QED) is 0.447. The second-order valence-corrected chi connectivity index (χ2v) is 8.18. The molecule has 0 radical (unpaired) electrons. The minimum absolute atomic E-state index is 0.0728. The van der Waals surface area contributed by atoms with Crippen molar-refractivity contribution in [1.29, 1.82) is 0 Å². The van der Waals surface area contributed by atoms with Gasteiger partial charge in [-0.25, -0.2) is 5.43 Å². The zero-order valence-electron chi connectivity index (χ0n) is 17.0. The highest BCUT2D eigenvalue weighted by Gasteiger charge is 2.28. The van der Waals surface area contributed by atoms with E-state index in [0.29, 0.717) is 51.2 Å². The zero-order chi connectivity index (χ0) is 22.8. The molecular weight excluding hydrogens is 453 g/mol. The van der Waals surface area contributed by atoms with E-state index in [2.05, 4.69) is 15.8 Å². The maximum Gasteiger partial charge on any atom is 0.291 e. The van der Waals surface area contributed by atoms with Gasteiger partial charge in [0.1, 0.15) is 11.5 Å². The van der Waals surface area contributed by atoms with Crippen LogP contribution in [-0.2, 0) is 6.42 Å². The van der Waals surface area contributed by atoms with Crippen molar-refractivity contribution in [1.82, 2.24) is 5.43 Å². The Morgan fingerprint density at radius 1 is 1.06 bits per heavy atom. The van der Waals surface area contributed by atoms with Crippen LogP contribution in [0.15, 0.2) is 52.0 Å². The largest absolute Gasteiger partial charge is 0.508 e. The summed E-state index contributed by atoms with van der Waals surface area (Å²) in [7, 11) is 0. The Balaban J connectivity index is 1.57. The Bertz CT molecular complexity index is 1230. The average molecular weight is 472 g/mol. The Morgan fingerprint density at radius 2 is 1.81 bits per heavy atom. The molecule has 9 heteroatoms. The number of aromatic hydroxyl groups is 1. The van der Waals surface area contributed by atoms with Crippen molar-refractivity contribution in [3.63, 3.8) is 0 Å². The third-order valence-corrected chi connectivity index (χ3v) is 5.70. The molecule has 3 aromatic rings. The van der Waals surface area contributed by atoms with Crippen molar-refractivity contribution in [2.24, 2.45) is 5.10 Å². The molecule has 1 aromatic heterocycles. The van der Waals surface area contributed by atoms with Crippen molar-refractivity contribution in [2.45, 2.75) is 26.2 Å². The molecule has 4 rings (SSSR count). The molecule has 1 aliphatic carbocycles. The fraction of sp³-hybridized carbons (Fsp3) is 0.174. The lowest BCUT2D eigenvalue weighted by Gasteiger charge is -2.13. The van der Waals surface area contributed by atoms with Crippen LogP contribution in [0.4, 0.5) is 5.69 Å². The van der Waals surface area contributed by atoms with E-state index < -0.39 is 11.8 Å². The van der Waals surface area contributed by atoms with Gasteiger partial charge in [-0.05, 0) is 62.2 Å². The number of carbonyl (C=O) groups is 2. The number of fused-ring (bicyclic) bond motifs is 1. The molecule has 0 unspecified atom stereocenters. The molecule has 1 heterocycles. The van der Waals surface area contributed by atoms with Gasteiger partial charge < -0.3 is 14.8 Å². The van der Waals surface area contributed by atoms with E-state index in [0.717, 1.165) is 12.0 Å². The molecule has 3 N–H and O–H groups in total. The number of hydrogen-bond donors (Lipinski definition) is 3. The summed E-state index contributed by atoms with van der Waals surface area (Å²) >= 11 is 12.1. The first-order valence-corrected chi connectivity index (χ1v) is 10.6. The molecule has 164 valence electrons. The van der Waals surface area contributed by atoms with Crippen LogP contribution in [0.1, 0.15) is 50.6 Å². The molecule has 0 fully saturated rings. The Kier molecular flexibility index (Phi) is 6.21. The number of carbonyl (C=O) groups excluding carboxylic acids is 2. The number of nitrogens with zero attached hydrogens (tertiary/aromatic N) is 1. The number of nitrogens with one attached hydrogen (secondary N) is 2. The fourth-order valence-corrected chi connectivity index (χ4v) is 3.90. The number of anilines is 1. The fourth-order valence-electron chi connectivity index (χ4n) is 3.56. The zero-order valence-corrected chi connectivity index (χ0v) is 18.5. The van der Waals surface area contributed by atoms with Crippen LogP contribution in [0.25, 0.3) is 0 Å². The second-order valence-electron chi connectivity index (χ2n) is 7.33. The number of phenols is 1. The molecule has 0 saturated heterocycles. The van der Waals surface area contributed by atoms with Crippen molar-refractivity contribution in [3.05, 3.63) is 80.7 Å². The normalized spacial score (nSPS) is 14.2. The van der Waals surface area contributed by atoms with Gasteiger partial charge >= 0.3 is 0 Å². The molecule has 0 atom stereocenters. The van der Waals surface area contributed by atoms with Crippen LogP contribution in [-0.4, -0.2) is 22.6 Å². The predicted molar refractivity (Wildman–Crippen MR) is 123 cm³/mol. The smallest absolute Gasteiger partial charge is 0.291 e. The highest BCUT2D eigenvalue weighted by Crippen LogP contribution is 2.31. The number of hydrazone groups is 1. The summed E-state index contributed by atoms with van der Waals surface area (Å²) in [6, 6.07) is 10.7. The minimum atomic E-state index is -0.450. The summed E-state index contributed by atoms with van der Waals surface area (Å²) in [5, 5.41) is 17.2. The first kappa shape index (κ1) is 21.9. The van der Waals surface area contributed by atoms with E-state index in [1.807, 2.05) is 0 Å². The van der Waals surface area contributed by atoms with E-state index in [4.69, 9.17) is 27.6 Å². The second kappa shape index (κ2) is 9.06. The number of hydrogen-bond acceptors (Lipinski definition) is 5. The van der Waals surface area contributed by atoms with Crippen molar-refractivity contribution < 1.29 is 19.1 Å².